The fourth-order valence-electron chi connectivity index (χ4n) is 2.16. The summed E-state index contributed by atoms with van der Waals surface area (Å²) in [7, 11) is 0. The van der Waals surface area contributed by atoms with Gasteiger partial charge < -0.3 is 14.8 Å². The summed E-state index contributed by atoms with van der Waals surface area (Å²) in [6, 6.07) is 13.9. The molecule has 2 rings (SSSR count). The Balaban J connectivity index is 1.87. The molecule has 1 aromatic heterocycles. The third kappa shape index (κ3) is 3.94. The van der Waals surface area contributed by atoms with Crippen molar-refractivity contribution < 1.29 is 9.52 Å². The number of rotatable bonds is 6. The Kier molecular flexibility index (Phi) is 4.77. The van der Waals surface area contributed by atoms with Gasteiger partial charge in [0, 0.05) is 6.04 Å². The van der Waals surface area contributed by atoms with Gasteiger partial charge in [-0.05, 0) is 38.0 Å². The van der Waals surface area contributed by atoms with Crippen LogP contribution in [0.1, 0.15) is 31.2 Å². The minimum Gasteiger partial charge on any atom is -0.468 e. The number of aliphatic hydroxyl groups excluding tert-OH is 1. The molecule has 0 aliphatic rings. The molecule has 0 bridgehead atoms. The Bertz CT molecular complexity index is 467. The maximum atomic E-state index is 10.2. The van der Waals surface area contributed by atoms with E-state index in [1.54, 1.807) is 6.26 Å². The minimum atomic E-state index is -0.417. The largest absolute Gasteiger partial charge is 0.468 e. The average molecular weight is 259 g/mol. The maximum Gasteiger partial charge on any atom is 0.120 e. The summed E-state index contributed by atoms with van der Waals surface area (Å²) < 4.78 is 5.35. The van der Waals surface area contributed by atoms with E-state index in [1.807, 2.05) is 56.3 Å². The van der Waals surface area contributed by atoms with Crippen molar-refractivity contribution in [2.75, 3.05) is 0 Å². The van der Waals surface area contributed by atoms with Gasteiger partial charge >= 0.3 is 0 Å². The number of hydrogen-bond donors (Lipinski definition) is 2. The predicted molar refractivity (Wildman–Crippen MR) is 75.9 cm³/mol. The van der Waals surface area contributed by atoms with Crippen molar-refractivity contribution in [3.05, 3.63) is 60.1 Å². The van der Waals surface area contributed by atoms with Crippen LogP contribution in [0.3, 0.4) is 0 Å². The molecule has 1 heterocycles. The first kappa shape index (κ1) is 13.8. The highest BCUT2D eigenvalue weighted by atomic mass is 16.3. The van der Waals surface area contributed by atoms with Crippen molar-refractivity contribution in [3.63, 3.8) is 0 Å². The molecule has 19 heavy (non-hydrogen) atoms. The molecule has 0 unspecified atom stereocenters. The lowest BCUT2D eigenvalue weighted by molar-refractivity contribution is 0.127. The number of benzene rings is 1. The first-order valence-corrected chi connectivity index (χ1v) is 6.68. The van der Waals surface area contributed by atoms with Crippen LogP contribution in [-0.2, 0) is 6.42 Å². The van der Waals surface area contributed by atoms with E-state index in [2.05, 4.69) is 5.32 Å². The van der Waals surface area contributed by atoms with Gasteiger partial charge in [-0.1, -0.05) is 30.3 Å². The second-order valence-corrected chi connectivity index (χ2v) is 4.95. The normalized spacial score (nSPS) is 15.9. The first-order valence-electron chi connectivity index (χ1n) is 6.68. The molecule has 3 atom stereocenters. The molecule has 3 heteroatoms. The molecule has 2 N–H and O–H groups in total. The van der Waals surface area contributed by atoms with Crippen LogP contribution in [0.2, 0.25) is 0 Å². The number of nitrogens with one attached hydrogen (secondary N) is 1. The van der Waals surface area contributed by atoms with Crippen molar-refractivity contribution in [2.45, 2.75) is 38.5 Å². The van der Waals surface area contributed by atoms with Gasteiger partial charge in [-0.15, -0.1) is 0 Å². The predicted octanol–water partition coefficient (Wildman–Crippen LogP) is 2.92. The lowest BCUT2D eigenvalue weighted by atomic mass is 10.0. The molecule has 3 nitrogen and oxygen atoms in total. The highest BCUT2D eigenvalue weighted by Gasteiger charge is 2.18. The highest BCUT2D eigenvalue weighted by molar-refractivity contribution is 5.16. The van der Waals surface area contributed by atoms with Gasteiger partial charge in [0.05, 0.1) is 18.4 Å². The van der Waals surface area contributed by atoms with E-state index in [1.165, 1.54) is 0 Å². The van der Waals surface area contributed by atoms with Crippen LogP contribution in [0.25, 0.3) is 0 Å². The van der Waals surface area contributed by atoms with Gasteiger partial charge in [0.1, 0.15) is 5.76 Å². The summed E-state index contributed by atoms with van der Waals surface area (Å²) in [5.41, 5.74) is 1.15. The number of aliphatic hydroxyl groups is 1. The van der Waals surface area contributed by atoms with Crippen molar-refractivity contribution in [3.8, 4) is 0 Å². The van der Waals surface area contributed by atoms with Crippen LogP contribution in [0.15, 0.2) is 53.1 Å². The van der Waals surface area contributed by atoms with Gasteiger partial charge in [-0.2, -0.15) is 0 Å². The Morgan fingerprint density at radius 2 is 1.84 bits per heavy atom. The Hall–Kier alpha value is -1.58. The molecule has 102 valence electrons. The van der Waals surface area contributed by atoms with Crippen LogP contribution >= 0.6 is 0 Å². The van der Waals surface area contributed by atoms with Crippen LogP contribution in [-0.4, -0.2) is 17.3 Å². The van der Waals surface area contributed by atoms with Crippen molar-refractivity contribution in [1.82, 2.24) is 5.32 Å². The van der Waals surface area contributed by atoms with E-state index in [0.29, 0.717) is 6.42 Å². The molecule has 0 aliphatic carbocycles. The molecule has 0 aliphatic heterocycles. The Labute approximate surface area is 114 Å². The molecule has 0 amide bonds. The summed E-state index contributed by atoms with van der Waals surface area (Å²) in [5, 5.41) is 13.6. The van der Waals surface area contributed by atoms with E-state index >= 15 is 0 Å². The van der Waals surface area contributed by atoms with Crippen LogP contribution < -0.4 is 5.32 Å². The average Bonchev–Trinajstić information content (AvgIpc) is 2.93. The molecule has 1 aromatic carbocycles. The molecule has 2 aromatic rings. The standard InChI is InChI=1S/C16H21NO2/c1-12(17-13(2)16-9-6-10-19-16)15(18)11-14-7-4-3-5-8-14/h3-10,12-13,15,17-18H,11H2,1-2H3/t12-,13+,15-/m1/s1. The van der Waals surface area contributed by atoms with Gasteiger partial charge in [0.2, 0.25) is 0 Å². The third-order valence-electron chi connectivity index (χ3n) is 3.35. The zero-order valence-electron chi connectivity index (χ0n) is 11.4. The lowest BCUT2D eigenvalue weighted by Gasteiger charge is -2.23. The minimum absolute atomic E-state index is 0.000283. The highest BCUT2D eigenvalue weighted by Crippen LogP contribution is 2.15. The van der Waals surface area contributed by atoms with Crippen LogP contribution in [0.4, 0.5) is 0 Å². The zero-order valence-corrected chi connectivity index (χ0v) is 11.4. The van der Waals surface area contributed by atoms with E-state index in [9.17, 15) is 5.11 Å². The molecule has 0 fully saturated rings. The Morgan fingerprint density at radius 1 is 1.11 bits per heavy atom. The molecule has 0 spiro atoms. The summed E-state index contributed by atoms with van der Waals surface area (Å²) in [4.78, 5) is 0. The fraction of sp³-hybridized carbons (Fsp3) is 0.375. The zero-order chi connectivity index (χ0) is 13.7. The summed E-state index contributed by atoms with van der Waals surface area (Å²) in [6.45, 7) is 4.03. The quantitative estimate of drug-likeness (QED) is 0.838. The van der Waals surface area contributed by atoms with E-state index in [0.717, 1.165) is 11.3 Å². The van der Waals surface area contributed by atoms with Crippen LogP contribution in [0.5, 0.6) is 0 Å². The number of hydrogen-bond acceptors (Lipinski definition) is 3. The molecule has 0 saturated heterocycles. The van der Waals surface area contributed by atoms with Crippen molar-refractivity contribution >= 4 is 0 Å². The second-order valence-electron chi connectivity index (χ2n) is 4.95. The van der Waals surface area contributed by atoms with Crippen molar-refractivity contribution in [1.29, 1.82) is 0 Å². The molecule has 0 radical (unpaired) electrons. The third-order valence-corrected chi connectivity index (χ3v) is 3.35. The topological polar surface area (TPSA) is 45.4 Å². The monoisotopic (exact) mass is 259 g/mol. The molecular formula is C16H21NO2. The van der Waals surface area contributed by atoms with Gasteiger partial charge in [-0.3, -0.25) is 0 Å². The summed E-state index contributed by atoms with van der Waals surface area (Å²) in [5.74, 6) is 0.888. The maximum absolute atomic E-state index is 10.2. The summed E-state index contributed by atoms with van der Waals surface area (Å²) >= 11 is 0. The second kappa shape index (κ2) is 6.55. The SMILES string of the molecule is C[C@H](N[C@H](C)[C@H](O)Cc1ccccc1)c1ccco1. The van der Waals surface area contributed by atoms with Crippen LogP contribution in [0, 0.1) is 0 Å². The molecule has 0 saturated carbocycles. The van der Waals surface area contributed by atoms with Crippen molar-refractivity contribution in [2.24, 2.45) is 0 Å². The lowest BCUT2D eigenvalue weighted by Crippen LogP contribution is -2.39. The fourth-order valence-corrected chi connectivity index (χ4v) is 2.16. The van der Waals surface area contributed by atoms with E-state index in [-0.39, 0.29) is 12.1 Å². The smallest absolute Gasteiger partial charge is 0.120 e. The van der Waals surface area contributed by atoms with E-state index < -0.39 is 6.10 Å². The van der Waals surface area contributed by atoms with Gasteiger partial charge in [0.25, 0.3) is 0 Å². The van der Waals surface area contributed by atoms with E-state index in [4.69, 9.17) is 4.42 Å². The van der Waals surface area contributed by atoms with Gasteiger partial charge in [-0.25, -0.2) is 0 Å². The first-order chi connectivity index (χ1) is 9.16. The Morgan fingerprint density at radius 3 is 2.47 bits per heavy atom. The molecular weight excluding hydrogens is 238 g/mol. The number of furan rings is 1. The van der Waals surface area contributed by atoms with Gasteiger partial charge in [0.15, 0.2) is 0 Å². The summed E-state index contributed by atoms with van der Waals surface area (Å²) in [6.07, 6.45) is 1.90.